The number of carboxylic acid groups (broad SMARTS) is 1. The average molecular weight is 298 g/mol. The van der Waals surface area contributed by atoms with Gasteiger partial charge in [0.1, 0.15) is 11.9 Å². The molecule has 2 N–H and O–H groups in total. The Kier molecular flexibility index (Phi) is 4.96. The summed E-state index contributed by atoms with van der Waals surface area (Å²) in [6.45, 7) is 4.44. The van der Waals surface area contributed by atoms with Gasteiger partial charge in [0.2, 0.25) is 0 Å². The molecule has 0 radical (unpaired) electrons. The molecule has 1 aromatic carbocycles. The van der Waals surface area contributed by atoms with Crippen LogP contribution in [0.2, 0.25) is 0 Å². The summed E-state index contributed by atoms with van der Waals surface area (Å²) in [6.07, 6.45) is 0. The van der Waals surface area contributed by atoms with Crippen LogP contribution in [0.15, 0.2) is 12.1 Å². The molecule has 0 saturated heterocycles. The van der Waals surface area contributed by atoms with Gasteiger partial charge < -0.3 is 10.4 Å². The summed E-state index contributed by atoms with van der Waals surface area (Å²) in [5, 5.41) is 21.9. The van der Waals surface area contributed by atoms with Crippen molar-refractivity contribution in [2.45, 2.75) is 26.8 Å². The molecule has 0 spiro atoms. The van der Waals surface area contributed by atoms with Gasteiger partial charge in [0.25, 0.3) is 11.6 Å². The molecule has 0 fully saturated rings. The van der Waals surface area contributed by atoms with E-state index in [-0.39, 0.29) is 5.56 Å². The average Bonchev–Trinajstić information content (AvgIpc) is 2.37. The maximum absolute atomic E-state index is 13.9. The van der Waals surface area contributed by atoms with Gasteiger partial charge >= 0.3 is 5.97 Å². The maximum atomic E-state index is 13.9. The van der Waals surface area contributed by atoms with E-state index in [2.05, 4.69) is 5.32 Å². The van der Waals surface area contributed by atoms with Crippen LogP contribution in [0.4, 0.5) is 10.1 Å². The Hall–Kier alpha value is -2.51. The highest BCUT2D eigenvalue weighted by Gasteiger charge is 2.27. The van der Waals surface area contributed by atoms with Crippen molar-refractivity contribution >= 4 is 17.6 Å². The van der Waals surface area contributed by atoms with Gasteiger partial charge in [0.15, 0.2) is 0 Å². The van der Waals surface area contributed by atoms with Crippen molar-refractivity contribution in [2.75, 3.05) is 0 Å². The van der Waals surface area contributed by atoms with Crippen molar-refractivity contribution in [1.82, 2.24) is 5.32 Å². The Morgan fingerprint density at radius 1 is 1.38 bits per heavy atom. The number of aryl methyl sites for hydroxylation is 1. The first kappa shape index (κ1) is 16.5. The van der Waals surface area contributed by atoms with Gasteiger partial charge in [0, 0.05) is 12.1 Å². The first-order valence-electron chi connectivity index (χ1n) is 6.13. The number of nitro benzene ring substituents is 1. The molecule has 21 heavy (non-hydrogen) atoms. The Morgan fingerprint density at radius 3 is 2.38 bits per heavy atom. The molecule has 0 aliphatic rings. The van der Waals surface area contributed by atoms with Crippen LogP contribution in [-0.2, 0) is 4.79 Å². The van der Waals surface area contributed by atoms with Crippen LogP contribution in [-0.4, -0.2) is 27.9 Å². The van der Waals surface area contributed by atoms with Crippen LogP contribution < -0.4 is 5.32 Å². The number of hydrogen-bond donors (Lipinski definition) is 2. The molecular weight excluding hydrogens is 283 g/mol. The van der Waals surface area contributed by atoms with Gasteiger partial charge in [-0.25, -0.2) is 9.18 Å². The van der Waals surface area contributed by atoms with Crippen molar-refractivity contribution in [3.8, 4) is 0 Å². The second kappa shape index (κ2) is 6.29. The number of carboxylic acids is 1. The molecule has 0 aliphatic carbocycles. The third kappa shape index (κ3) is 3.74. The van der Waals surface area contributed by atoms with E-state index in [0.717, 1.165) is 12.1 Å². The van der Waals surface area contributed by atoms with E-state index >= 15 is 0 Å². The molecule has 7 nitrogen and oxygen atoms in total. The van der Waals surface area contributed by atoms with E-state index in [1.807, 2.05) is 0 Å². The van der Waals surface area contributed by atoms with Crippen molar-refractivity contribution in [2.24, 2.45) is 5.92 Å². The number of hydrogen-bond acceptors (Lipinski definition) is 4. The zero-order valence-electron chi connectivity index (χ0n) is 11.7. The molecule has 0 saturated carbocycles. The van der Waals surface area contributed by atoms with Crippen LogP contribution in [0.1, 0.15) is 29.8 Å². The van der Waals surface area contributed by atoms with Crippen LogP contribution in [0.5, 0.6) is 0 Å². The lowest BCUT2D eigenvalue weighted by atomic mass is 10.0. The monoisotopic (exact) mass is 298 g/mol. The van der Waals surface area contributed by atoms with Crippen LogP contribution in [0.3, 0.4) is 0 Å². The zero-order valence-corrected chi connectivity index (χ0v) is 11.7. The number of halogens is 1. The van der Waals surface area contributed by atoms with Crippen LogP contribution >= 0.6 is 0 Å². The standard InChI is InChI=1S/C13H15FN2O5/c1-6(2)11(13(18)19)15-12(17)9-5-8(16(20)21)4-7(3)10(9)14/h4-6,11H,1-3H3,(H,15,17)(H,18,19)/t11-/m0/s1. The number of carbonyl (C=O) groups excluding carboxylic acids is 1. The summed E-state index contributed by atoms with van der Waals surface area (Å²) in [4.78, 5) is 33.0. The molecule has 0 unspecified atom stereocenters. The van der Waals surface area contributed by atoms with Gasteiger partial charge in [-0.2, -0.15) is 0 Å². The Labute approximate surface area is 119 Å². The molecule has 0 aromatic heterocycles. The molecule has 8 heteroatoms. The van der Waals surface area contributed by atoms with Gasteiger partial charge in [-0.3, -0.25) is 14.9 Å². The van der Waals surface area contributed by atoms with Crippen LogP contribution in [0.25, 0.3) is 0 Å². The summed E-state index contributed by atoms with van der Waals surface area (Å²) >= 11 is 0. The molecular formula is C13H15FN2O5. The predicted octanol–water partition coefficient (Wildman–Crippen LogP) is 1.88. The lowest BCUT2D eigenvalue weighted by Gasteiger charge is -2.18. The van der Waals surface area contributed by atoms with E-state index in [4.69, 9.17) is 5.11 Å². The fourth-order valence-corrected chi connectivity index (χ4v) is 1.75. The molecule has 0 aliphatic heterocycles. The van der Waals surface area contributed by atoms with E-state index in [0.29, 0.717) is 0 Å². The fraction of sp³-hybridized carbons (Fsp3) is 0.385. The third-order valence-electron chi connectivity index (χ3n) is 2.91. The number of rotatable bonds is 5. The van der Waals surface area contributed by atoms with Crippen molar-refractivity contribution in [3.05, 3.63) is 39.2 Å². The zero-order chi connectivity index (χ0) is 16.3. The van der Waals surface area contributed by atoms with Gasteiger partial charge in [0.05, 0.1) is 10.5 Å². The SMILES string of the molecule is Cc1cc([N+](=O)[O-])cc(C(=O)N[C@H](C(=O)O)C(C)C)c1F. The van der Waals surface area contributed by atoms with Crippen molar-refractivity contribution in [1.29, 1.82) is 0 Å². The molecule has 1 aromatic rings. The summed E-state index contributed by atoms with van der Waals surface area (Å²) in [7, 11) is 0. The molecule has 1 amide bonds. The number of amides is 1. The smallest absolute Gasteiger partial charge is 0.326 e. The Bertz CT molecular complexity index is 600. The summed E-state index contributed by atoms with van der Waals surface area (Å²) in [6, 6.07) is 0.580. The minimum Gasteiger partial charge on any atom is -0.480 e. The van der Waals surface area contributed by atoms with Gasteiger partial charge in [-0.1, -0.05) is 13.8 Å². The van der Waals surface area contributed by atoms with Crippen LogP contribution in [0, 0.1) is 28.8 Å². The van der Waals surface area contributed by atoms with E-state index in [1.54, 1.807) is 13.8 Å². The maximum Gasteiger partial charge on any atom is 0.326 e. The highest BCUT2D eigenvalue weighted by Crippen LogP contribution is 2.21. The van der Waals surface area contributed by atoms with Gasteiger partial charge in [-0.05, 0) is 18.4 Å². The number of benzene rings is 1. The number of nitro groups is 1. The molecule has 0 heterocycles. The summed E-state index contributed by atoms with van der Waals surface area (Å²) in [5.74, 6) is -3.60. The lowest BCUT2D eigenvalue weighted by molar-refractivity contribution is -0.385. The largest absolute Gasteiger partial charge is 0.480 e. The topological polar surface area (TPSA) is 110 Å². The van der Waals surface area contributed by atoms with Crippen molar-refractivity contribution in [3.63, 3.8) is 0 Å². The summed E-state index contributed by atoms with van der Waals surface area (Å²) in [5.41, 5.74) is -1.05. The Morgan fingerprint density at radius 2 is 1.95 bits per heavy atom. The second-order valence-electron chi connectivity index (χ2n) is 4.91. The first-order chi connectivity index (χ1) is 9.65. The predicted molar refractivity (Wildman–Crippen MR) is 71.5 cm³/mol. The second-order valence-corrected chi connectivity index (χ2v) is 4.91. The van der Waals surface area contributed by atoms with E-state index < -0.39 is 45.8 Å². The molecule has 1 rings (SSSR count). The number of aliphatic carboxylic acids is 1. The van der Waals surface area contributed by atoms with Gasteiger partial charge in [-0.15, -0.1) is 0 Å². The minimum atomic E-state index is -1.26. The highest BCUT2D eigenvalue weighted by molar-refractivity contribution is 5.97. The highest BCUT2D eigenvalue weighted by atomic mass is 19.1. The molecule has 0 bridgehead atoms. The number of nitrogens with zero attached hydrogens (tertiary/aromatic N) is 1. The Balaban J connectivity index is 3.18. The number of non-ortho nitro benzene ring substituents is 1. The molecule has 114 valence electrons. The van der Waals surface area contributed by atoms with E-state index in [9.17, 15) is 24.1 Å². The lowest BCUT2D eigenvalue weighted by Crippen LogP contribution is -2.44. The number of carbonyl (C=O) groups is 2. The first-order valence-corrected chi connectivity index (χ1v) is 6.13. The normalized spacial score (nSPS) is 12.0. The number of nitrogens with one attached hydrogen (secondary N) is 1. The molecule has 1 atom stereocenters. The summed E-state index contributed by atoms with van der Waals surface area (Å²) < 4.78 is 13.9. The van der Waals surface area contributed by atoms with Crippen molar-refractivity contribution < 1.29 is 24.0 Å². The van der Waals surface area contributed by atoms with E-state index in [1.165, 1.54) is 6.92 Å². The fourth-order valence-electron chi connectivity index (χ4n) is 1.75. The third-order valence-corrected chi connectivity index (χ3v) is 2.91. The quantitative estimate of drug-likeness (QED) is 0.637. The minimum absolute atomic E-state index is 0.0641.